The molecule has 0 radical (unpaired) electrons. The number of hydrogen-bond donors (Lipinski definition) is 2. The lowest BCUT2D eigenvalue weighted by Crippen LogP contribution is -2.47. The quantitative estimate of drug-likeness (QED) is 0.441. The Morgan fingerprint density at radius 2 is 2.00 bits per heavy atom. The van der Waals surface area contributed by atoms with Crippen LogP contribution in [0.3, 0.4) is 0 Å². The van der Waals surface area contributed by atoms with E-state index in [-0.39, 0.29) is 0 Å². The van der Waals surface area contributed by atoms with Gasteiger partial charge in [0.15, 0.2) is 0 Å². The van der Waals surface area contributed by atoms with E-state index in [1.54, 1.807) is 0 Å². The zero-order valence-corrected chi connectivity index (χ0v) is 8.65. The molecule has 4 N–H and O–H groups in total. The molecule has 0 fully saturated rings. The number of rotatable bonds is 4. The van der Waals surface area contributed by atoms with Gasteiger partial charge < -0.3 is 11.5 Å². The number of carbonyl (C=O) groups excluding carboxylic acids is 1. The highest BCUT2D eigenvalue weighted by Crippen LogP contribution is 2.04. The zero-order chi connectivity index (χ0) is 12.0. The van der Waals surface area contributed by atoms with Crippen LogP contribution >= 0.6 is 0 Å². The van der Waals surface area contributed by atoms with Crippen molar-refractivity contribution in [3.63, 3.8) is 0 Å². The van der Waals surface area contributed by atoms with Crippen molar-refractivity contribution in [3.8, 4) is 0 Å². The van der Waals surface area contributed by atoms with E-state index < -0.39 is 18.0 Å². The minimum Gasteiger partial charge on any atom is -0.326 e. The van der Waals surface area contributed by atoms with E-state index in [1.165, 1.54) is 0 Å². The van der Waals surface area contributed by atoms with Crippen molar-refractivity contribution in [3.05, 3.63) is 46.3 Å². The van der Waals surface area contributed by atoms with E-state index in [9.17, 15) is 4.79 Å². The van der Waals surface area contributed by atoms with Gasteiger partial charge in [-0.05, 0) is 22.6 Å². The van der Waals surface area contributed by atoms with Gasteiger partial charge in [-0.15, -0.1) is 0 Å². The van der Waals surface area contributed by atoms with Gasteiger partial charge >= 0.3 is 0 Å². The van der Waals surface area contributed by atoms with Crippen molar-refractivity contribution in [2.45, 2.75) is 18.5 Å². The Kier molecular flexibility index (Phi) is 4.47. The van der Waals surface area contributed by atoms with Gasteiger partial charge in [0.2, 0.25) is 5.91 Å². The maximum atomic E-state index is 11.1. The lowest BCUT2D eigenvalue weighted by Gasteiger charge is -2.16. The van der Waals surface area contributed by atoms with Crippen LogP contribution in [0.5, 0.6) is 0 Å². The van der Waals surface area contributed by atoms with Crippen molar-refractivity contribution < 1.29 is 4.79 Å². The monoisotopic (exact) mass is 219 g/mol. The summed E-state index contributed by atoms with van der Waals surface area (Å²) in [5.74, 6) is -0.731. The molecule has 0 saturated heterocycles. The minimum atomic E-state index is -0.962. The highest BCUT2D eigenvalue weighted by molar-refractivity contribution is 5.83. The van der Waals surface area contributed by atoms with Gasteiger partial charge in [-0.3, -0.25) is 4.79 Å². The number of azide groups is 1. The third-order valence-electron chi connectivity index (χ3n) is 2.20. The molecule has 1 aromatic rings. The van der Waals surface area contributed by atoms with E-state index in [0.717, 1.165) is 5.56 Å². The first-order chi connectivity index (χ1) is 7.65. The highest BCUT2D eigenvalue weighted by atomic mass is 16.2. The van der Waals surface area contributed by atoms with Crippen LogP contribution < -0.4 is 11.5 Å². The van der Waals surface area contributed by atoms with Crippen molar-refractivity contribution in [1.82, 2.24) is 0 Å². The van der Waals surface area contributed by atoms with Crippen LogP contribution in [-0.2, 0) is 11.2 Å². The number of hydrogen-bond acceptors (Lipinski definition) is 3. The van der Waals surface area contributed by atoms with E-state index in [2.05, 4.69) is 10.0 Å². The molecule has 84 valence electrons. The molecular weight excluding hydrogens is 206 g/mol. The van der Waals surface area contributed by atoms with Crippen LogP contribution in [0.15, 0.2) is 35.4 Å². The second kappa shape index (κ2) is 5.87. The van der Waals surface area contributed by atoms with Crippen molar-refractivity contribution in [1.29, 1.82) is 0 Å². The lowest BCUT2D eigenvalue weighted by atomic mass is 10.0. The molecule has 0 spiro atoms. The maximum Gasteiger partial charge on any atom is 0.237 e. The summed E-state index contributed by atoms with van der Waals surface area (Å²) in [5, 5.41) is 2.92. The van der Waals surface area contributed by atoms with Crippen LogP contribution in [0.25, 0.3) is 10.4 Å². The number of carbonyl (C=O) groups is 1. The smallest absolute Gasteiger partial charge is 0.237 e. The number of nitrogens with zero attached hydrogens (tertiary/aromatic N) is 3. The Labute approximate surface area is 92.9 Å². The van der Waals surface area contributed by atoms with Crippen LogP contribution in [0.1, 0.15) is 5.56 Å². The number of amides is 1. The number of benzene rings is 1. The third kappa shape index (κ3) is 3.36. The zero-order valence-electron chi connectivity index (χ0n) is 8.65. The molecule has 0 bridgehead atoms. The summed E-state index contributed by atoms with van der Waals surface area (Å²) in [6, 6.07) is 7.91. The minimum absolute atomic E-state index is 0.467. The van der Waals surface area contributed by atoms with Crippen molar-refractivity contribution in [2.24, 2.45) is 16.6 Å². The van der Waals surface area contributed by atoms with Crippen LogP contribution in [0.4, 0.5) is 0 Å². The summed E-state index contributed by atoms with van der Waals surface area (Å²) < 4.78 is 0. The maximum absolute atomic E-state index is 11.1. The summed E-state index contributed by atoms with van der Waals surface area (Å²) in [5.41, 5.74) is 20.4. The molecule has 6 nitrogen and oxygen atoms in total. The molecule has 2 atom stereocenters. The molecule has 2 unspecified atom stereocenters. The van der Waals surface area contributed by atoms with Crippen molar-refractivity contribution >= 4 is 5.91 Å². The van der Waals surface area contributed by atoms with Crippen LogP contribution in [0.2, 0.25) is 0 Å². The predicted octanol–water partition coefficient (Wildman–Crippen LogP) is 0.721. The van der Waals surface area contributed by atoms with Gasteiger partial charge in [-0.25, -0.2) is 0 Å². The Morgan fingerprint density at radius 1 is 1.38 bits per heavy atom. The Balaban J connectivity index is 2.62. The first-order valence-electron chi connectivity index (χ1n) is 4.79. The normalized spacial score (nSPS) is 13.6. The van der Waals surface area contributed by atoms with Gasteiger partial charge in [-0.1, -0.05) is 30.3 Å². The average Bonchev–Trinajstić information content (AvgIpc) is 2.29. The van der Waals surface area contributed by atoms with Crippen LogP contribution in [-0.4, -0.2) is 18.0 Å². The summed E-state index contributed by atoms with van der Waals surface area (Å²) in [6.45, 7) is 0. The molecule has 1 rings (SSSR count). The van der Waals surface area contributed by atoms with Gasteiger partial charge in [-0.2, -0.15) is 0 Å². The fourth-order valence-corrected chi connectivity index (χ4v) is 1.31. The van der Waals surface area contributed by atoms with Gasteiger partial charge in [0.05, 0.1) is 6.04 Å². The molecule has 0 aliphatic carbocycles. The lowest BCUT2D eigenvalue weighted by molar-refractivity contribution is -0.119. The molecular formula is C10H13N5O. The standard InChI is InChI=1S/C10H13N5O/c11-8(9(12)10(16)14-15-13)6-7-4-2-1-3-5-7/h1-5,8-9H,6,11-12H2. The third-order valence-corrected chi connectivity index (χ3v) is 2.20. The summed E-state index contributed by atoms with van der Waals surface area (Å²) in [7, 11) is 0. The Hall–Kier alpha value is -1.88. The Bertz CT molecular complexity index is 399. The molecule has 1 aromatic carbocycles. The fraction of sp³-hybridized carbons (Fsp3) is 0.300. The molecule has 6 heteroatoms. The fourth-order valence-electron chi connectivity index (χ4n) is 1.31. The molecule has 0 aromatic heterocycles. The van der Waals surface area contributed by atoms with E-state index in [0.29, 0.717) is 6.42 Å². The van der Waals surface area contributed by atoms with Gasteiger partial charge in [0.1, 0.15) is 0 Å². The van der Waals surface area contributed by atoms with E-state index >= 15 is 0 Å². The second-order valence-electron chi connectivity index (χ2n) is 3.41. The molecule has 0 heterocycles. The Morgan fingerprint density at radius 3 is 2.56 bits per heavy atom. The second-order valence-corrected chi connectivity index (χ2v) is 3.41. The molecule has 16 heavy (non-hydrogen) atoms. The molecule has 0 saturated carbocycles. The first kappa shape index (κ1) is 12.2. The average molecular weight is 219 g/mol. The van der Waals surface area contributed by atoms with Crippen molar-refractivity contribution in [2.75, 3.05) is 0 Å². The SMILES string of the molecule is [N-]=[N+]=NC(=O)C(N)C(N)Cc1ccccc1. The molecule has 0 aliphatic rings. The summed E-state index contributed by atoms with van der Waals surface area (Å²) in [6.07, 6.45) is 0.467. The highest BCUT2D eigenvalue weighted by Gasteiger charge is 2.20. The van der Waals surface area contributed by atoms with E-state index in [1.807, 2.05) is 30.3 Å². The summed E-state index contributed by atoms with van der Waals surface area (Å²) in [4.78, 5) is 13.5. The number of nitrogens with two attached hydrogens (primary N) is 2. The van der Waals surface area contributed by atoms with Gasteiger partial charge in [0, 0.05) is 11.0 Å². The first-order valence-corrected chi connectivity index (χ1v) is 4.79. The predicted molar refractivity (Wildman–Crippen MR) is 60.2 cm³/mol. The molecule has 0 aliphatic heterocycles. The van der Waals surface area contributed by atoms with Crippen LogP contribution in [0, 0.1) is 0 Å². The topological polar surface area (TPSA) is 118 Å². The summed E-state index contributed by atoms with van der Waals surface area (Å²) >= 11 is 0. The molecule has 1 amide bonds. The van der Waals surface area contributed by atoms with E-state index in [4.69, 9.17) is 17.0 Å². The largest absolute Gasteiger partial charge is 0.326 e. The van der Waals surface area contributed by atoms with Gasteiger partial charge in [0.25, 0.3) is 0 Å².